The van der Waals surface area contributed by atoms with Crippen molar-refractivity contribution in [1.82, 2.24) is 20.0 Å². The Morgan fingerprint density at radius 3 is 3.00 bits per heavy atom. The molecule has 6 heteroatoms. The van der Waals surface area contributed by atoms with Gasteiger partial charge in [-0.25, -0.2) is 4.79 Å². The molecule has 0 unspecified atom stereocenters. The number of carbonyl (C=O) groups excluding carboxylic acids is 1. The van der Waals surface area contributed by atoms with Gasteiger partial charge in [-0.3, -0.25) is 4.68 Å². The molecule has 2 atom stereocenters. The fourth-order valence-corrected chi connectivity index (χ4v) is 3.87. The van der Waals surface area contributed by atoms with Crippen LogP contribution in [0.1, 0.15) is 36.6 Å². The minimum atomic E-state index is -0.00104. The molecule has 2 aliphatic rings. The van der Waals surface area contributed by atoms with E-state index in [1.165, 1.54) is 0 Å². The minimum absolute atomic E-state index is 0.00104. The molecule has 0 aliphatic carbocycles. The number of aromatic nitrogens is 2. The van der Waals surface area contributed by atoms with Crippen LogP contribution in [0.4, 0.5) is 4.79 Å². The Morgan fingerprint density at radius 1 is 1.28 bits per heavy atom. The fourth-order valence-electron chi connectivity index (χ4n) is 3.87. The summed E-state index contributed by atoms with van der Waals surface area (Å²) in [5, 5.41) is 7.44. The third-order valence-electron chi connectivity index (χ3n) is 5.17. The van der Waals surface area contributed by atoms with Gasteiger partial charge in [-0.1, -0.05) is 18.2 Å². The molecule has 2 aromatic rings. The number of amides is 2. The molecule has 0 radical (unpaired) electrons. The maximum absolute atomic E-state index is 12.9. The van der Waals surface area contributed by atoms with E-state index in [1.807, 2.05) is 40.9 Å². The molecule has 1 aromatic carbocycles. The smallest absolute Gasteiger partial charge is 0.318 e. The minimum Gasteiger partial charge on any atom is -0.491 e. The molecule has 3 heterocycles. The molecule has 0 saturated carbocycles. The maximum atomic E-state index is 12.9. The van der Waals surface area contributed by atoms with Gasteiger partial charge in [0.2, 0.25) is 0 Å². The second-order valence-electron chi connectivity index (χ2n) is 6.85. The SMILES string of the molecule is Cn1nccc1[C@@H]1CCCCN1C(=O)N[C@@H]1COc2ccccc2C1. The molecule has 132 valence electrons. The number of ether oxygens (including phenoxy) is 1. The standard InChI is InChI=1S/C19H24N4O2/c1-22-16(9-10-20-22)17-7-4-5-11-23(17)19(24)21-15-12-14-6-2-3-8-18(14)25-13-15/h2-3,6,8-10,15,17H,4-5,7,11-13H2,1H3,(H,21,24)/t15-,17-/m0/s1. The molecule has 1 N–H and O–H groups in total. The van der Waals surface area contributed by atoms with Gasteiger partial charge in [0.05, 0.1) is 17.8 Å². The van der Waals surface area contributed by atoms with Crippen LogP contribution in [0.25, 0.3) is 0 Å². The zero-order valence-electron chi connectivity index (χ0n) is 14.5. The fraction of sp³-hybridized carbons (Fsp3) is 0.474. The molecular formula is C19H24N4O2. The van der Waals surface area contributed by atoms with Crippen molar-refractivity contribution in [3.05, 3.63) is 47.8 Å². The first-order valence-electron chi connectivity index (χ1n) is 8.98. The number of para-hydroxylation sites is 1. The highest BCUT2D eigenvalue weighted by atomic mass is 16.5. The summed E-state index contributed by atoms with van der Waals surface area (Å²) >= 11 is 0. The summed E-state index contributed by atoms with van der Waals surface area (Å²) in [6.45, 7) is 1.30. The van der Waals surface area contributed by atoms with Crippen LogP contribution < -0.4 is 10.1 Å². The van der Waals surface area contributed by atoms with Crippen LogP contribution >= 0.6 is 0 Å². The van der Waals surface area contributed by atoms with E-state index in [0.29, 0.717) is 6.61 Å². The molecule has 2 amide bonds. The van der Waals surface area contributed by atoms with Crippen LogP contribution in [0, 0.1) is 0 Å². The lowest BCUT2D eigenvalue weighted by molar-refractivity contribution is 0.138. The maximum Gasteiger partial charge on any atom is 0.318 e. The highest BCUT2D eigenvalue weighted by Crippen LogP contribution is 2.31. The highest BCUT2D eigenvalue weighted by molar-refractivity contribution is 5.75. The Hall–Kier alpha value is -2.50. The van der Waals surface area contributed by atoms with Gasteiger partial charge < -0.3 is 15.0 Å². The van der Waals surface area contributed by atoms with Gasteiger partial charge in [0.15, 0.2) is 0 Å². The summed E-state index contributed by atoms with van der Waals surface area (Å²) in [5.74, 6) is 0.929. The van der Waals surface area contributed by atoms with Crippen LogP contribution in [0.5, 0.6) is 5.75 Å². The quantitative estimate of drug-likeness (QED) is 0.914. The van der Waals surface area contributed by atoms with Gasteiger partial charge in [0.1, 0.15) is 12.4 Å². The Bertz CT molecular complexity index is 757. The number of aryl methyl sites for hydroxylation is 1. The molecule has 4 rings (SSSR count). The van der Waals surface area contributed by atoms with E-state index in [2.05, 4.69) is 16.5 Å². The summed E-state index contributed by atoms with van der Waals surface area (Å²) in [7, 11) is 1.94. The second kappa shape index (κ2) is 6.78. The summed E-state index contributed by atoms with van der Waals surface area (Å²) < 4.78 is 7.67. The Kier molecular flexibility index (Phi) is 4.34. The van der Waals surface area contributed by atoms with Crippen molar-refractivity contribution < 1.29 is 9.53 Å². The van der Waals surface area contributed by atoms with E-state index in [-0.39, 0.29) is 18.1 Å². The number of rotatable bonds is 2. The number of nitrogens with one attached hydrogen (secondary N) is 1. The normalized spacial score (nSPS) is 22.8. The third-order valence-corrected chi connectivity index (χ3v) is 5.17. The summed E-state index contributed by atoms with van der Waals surface area (Å²) in [6, 6.07) is 10.1. The van der Waals surface area contributed by atoms with Crippen LogP contribution in [0.15, 0.2) is 36.5 Å². The number of urea groups is 1. The first kappa shape index (κ1) is 16.0. The summed E-state index contributed by atoms with van der Waals surface area (Å²) in [4.78, 5) is 14.9. The molecule has 2 aliphatic heterocycles. The summed E-state index contributed by atoms with van der Waals surface area (Å²) in [5.41, 5.74) is 2.25. The highest BCUT2D eigenvalue weighted by Gasteiger charge is 2.31. The Morgan fingerprint density at radius 2 is 2.16 bits per heavy atom. The van der Waals surface area contributed by atoms with Gasteiger partial charge in [0, 0.05) is 19.8 Å². The Labute approximate surface area is 147 Å². The molecule has 1 aromatic heterocycles. The van der Waals surface area contributed by atoms with Crippen molar-refractivity contribution in [3.8, 4) is 5.75 Å². The number of hydrogen-bond acceptors (Lipinski definition) is 3. The predicted octanol–water partition coefficient (Wildman–Crippen LogP) is 2.66. The lowest BCUT2D eigenvalue weighted by Gasteiger charge is -2.37. The number of carbonyl (C=O) groups is 1. The number of likely N-dealkylation sites (tertiary alicyclic amines) is 1. The Balaban J connectivity index is 1.46. The molecular weight excluding hydrogens is 316 g/mol. The van der Waals surface area contributed by atoms with E-state index in [4.69, 9.17) is 4.74 Å². The van der Waals surface area contributed by atoms with Gasteiger partial charge in [-0.05, 0) is 43.4 Å². The zero-order chi connectivity index (χ0) is 17.2. The van der Waals surface area contributed by atoms with Crippen molar-refractivity contribution in [3.63, 3.8) is 0 Å². The average molecular weight is 340 g/mol. The van der Waals surface area contributed by atoms with Crippen molar-refractivity contribution in [2.75, 3.05) is 13.2 Å². The first-order chi connectivity index (χ1) is 12.2. The van der Waals surface area contributed by atoms with Gasteiger partial charge in [-0.2, -0.15) is 5.10 Å². The molecule has 1 fully saturated rings. The first-order valence-corrected chi connectivity index (χ1v) is 8.98. The number of piperidine rings is 1. The van der Waals surface area contributed by atoms with E-state index in [9.17, 15) is 4.79 Å². The lowest BCUT2D eigenvalue weighted by atomic mass is 9.99. The van der Waals surface area contributed by atoms with E-state index < -0.39 is 0 Å². The largest absolute Gasteiger partial charge is 0.491 e. The number of nitrogens with zero attached hydrogens (tertiary/aromatic N) is 3. The van der Waals surface area contributed by atoms with Crippen LogP contribution in [0.2, 0.25) is 0 Å². The number of fused-ring (bicyclic) bond motifs is 1. The third kappa shape index (κ3) is 3.21. The molecule has 25 heavy (non-hydrogen) atoms. The second-order valence-corrected chi connectivity index (χ2v) is 6.85. The van der Waals surface area contributed by atoms with Crippen LogP contribution in [0.3, 0.4) is 0 Å². The van der Waals surface area contributed by atoms with Crippen molar-refractivity contribution in [2.24, 2.45) is 7.05 Å². The molecule has 6 nitrogen and oxygen atoms in total. The van der Waals surface area contributed by atoms with Crippen molar-refractivity contribution >= 4 is 6.03 Å². The average Bonchev–Trinajstić information content (AvgIpc) is 3.07. The molecule has 0 bridgehead atoms. The monoisotopic (exact) mass is 340 g/mol. The van der Waals surface area contributed by atoms with Crippen LogP contribution in [-0.4, -0.2) is 39.9 Å². The summed E-state index contributed by atoms with van der Waals surface area (Å²) in [6.07, 6.45) is 5.78. The van der Waals surface area contributed by atoms with Crippen molar-refractivity contribution in [2.45, 2.75) is 37.8 Å². The predicted molar refractivity (Wildman–Crippen MR) is 94.5 cm³/mol. The van der Waals surface area contributed by atoms with Crippen LogP contribution in [-0.2, 0) is 13.5 Å². The van der Waals surface area contributed by atoms with Gasteiger partial charge in [-0.15, -0.1) is 0 Å². The number of hydrogen-bond donors (Lipinski definition) is 1. The lowest BCUT2D eigenvalue weighted by Crippen LogP contribution is -2.51. The van der Waals surface area contributed by atoms with E-state index >= 15 is 0 Å². The number of benzene rings is 1. The van der Waals surface area contributed by atoms with Gasteiger partial charge >= 0.3 is 6.03 Å². The topological polar surface area (TPSA) is 59.4 Å². The van der Waals surface area contributed by atoms with E-state index in [1.54, 1.807) is 6.20 Å². The van der Waals surface area contributed by atoms with Gasteiger partial charge in [0.25, 0.3) is 0 Å². The molecule has 1 saturated heterocycles. The van der Waals surface area contributed by atoms with E-state index in [0.717, 1.165) is 49.2 Å². The molecule has 0 spiro atoms. The van der Waals surface area contributed by atoms with Crippen molar-refractivity contribution in [1.29, 1.82) is 0 Å². The zero-order valence-corrected chi connectivity index (χ0v) is 14.5.